The third-order valence-electron chi connectivity index (χ3n) is 2.91. The van der Waals surface area contributed by atoms with Crippen LogP contribution in [0.25, 0.3) is 0 Å². The van der Waals surface area contributed by atoms with Crippen molar-refractivity contribution in [1.29, 1.82) is 0 Å². The van der Waals surface area contributed by atoms with Gasteiger partial charge in [-0.3, -0.25) is 4.79 Å². The standard InChI is InChI=1S/C12H15NO2/c1-8-2-4-10(5-3-8)13-11-6-9(7-11)12(14)15/h2-5,9,11,13H,6-7H2,1H3,(H,14,15). The van der Waals surface area contributed by atoms with Crippen molar-refractivity contribution < 1.29 is 9.90 Å². The van der Waals surface area contributed by atoms with E-state index in [1.807, 2.05) is 19.1 Å². The Hall–Kier alpha value is -1.51. The smallest absolute Gasteiger partial charge is 0.306 e. The summed E-state index contributed by atoms with van der Waals surface area (Å²) in [7, 11) is 0. The molecule has 1 fully saturated rings. The molecule has 3 nitrogen and oxygen atoms in total. The fourth-order valence-electron chi connectivity index (χ4n) is 1.82. The highest BCUT2D eigenvalue weighted by Crippen LogP contribution is 2.30. The number of carboxylic acid groups (broad SMARTS) is 1. The normalized spacial score (nSPS) is 24.3. The van der Waals surface area contributed by atoms with E-state index in [0.717, 1.165) is 18.5 Å². The Morgan fingerprint density at radius 1 is 1.33 bits per heavy atom. The minimum absolute atomic E-state index is 0.145. The van der Waals surface area contributed by atoms with Crippen LogP contribution in [0.5, 0.6) is 0 Å². The number of aryl methyl sites for hydroxylation is 1. The largest absolute Gasteiger partial charge is 0.481 e. The molecule has 1 saturated carbocycles. The summed E-state index contributed by atoms with van der Waals surface area (Å²) in [5.41, 5.74) is 2.31. The van der Waals surface area contributed by atoms with Crippen LogP contribution in [0.2, 0.25) is 0 Å². The molecule has 2 N–H and O–H groups in total. The van der Waals surface area contributed by atoms with Gasteiger partial charge in [0.15, 0.2) is 0 Å². The van der Waals surface area contributed by atoms with Crippen LogP contribution in [0.4, 0.5) is 5.69 Å². The van der Waals surface area contributed by atoms with Crippen molar-refractivity contribution in [3.63, 3.8) is 0 Å². The monoisotopic (exact) mass is 205 g/mol. The number of nitrogens with one attached hydrogen (secondary N) is 1. The van der Waals surface area contributed by atoms with E-state index < -0.39 is 5.97 Å². The number of hydrogen-bond acceptors (Lipinski definition) is 2. The average Bonchev–Trinajstić information content (AvgIpc) is 2.13. The molecule has 0 heterocycles. The molecule has 0 radical (unpaired) electrons. The molecule has 0 saturated heterocycles. The van der Waals surface area contributed by atoms with Gasteiger partial charge in [-0.2, -0.15) is 0 Å². The van der Waals surface area contributed by atoms with Crippen LogP contribution < -0.4 is 5.32 Å². The van der Waals surface area contributed by atoms with Crippen LogP contribution in [0.15, 0.2) is 24.3 Å². The maximum atomic E-state index is 10.6. The summed E-state index contributed by atoms with van der Waals surface area (Å²) in [5, 5.41) is 12.1. The van der Waals surface area contributed by atoms with Gasteiger partial charge in [-0.15, -0.1) is 0 Å². The van der Waals surface area contributed by atoms with E-state index in [1.54, 1.807) is 0 Å². The summed E-state index contributed by atoms with van der Waals surface area (Å²) >= 11 is 0. The number of anilines is 1. The number of carboxylic acids is 1. The second-order valence-corrected chi connectivity index (χ2v) is 4.21. The number of aliphatic carboxylic acids is 1. The average molecular weight is 205 g/mol. The lowest BCUT2D eigenvalue weighted by Crippen LogP contribution is -2.39. The zero-order chi connectivity index (χ0) is 10.8. The maximum absolute atomic E-state index is 10.6. The maximum Gasteiger partial charge on any atom is 0.306 e. The second kappa shape index (κ2) is 3.93. The van der Waals surface area contributed by atoms with E-state index in [4.69, 9.17) is 5.11 Å². The number of rotatable bonds is 3. The van der Waals surface area contributed by atoms with Crippen LogP contribution in [0.3, 0.4) is 0 Å². The summed E-state index contributed by atoms with van der Waals surface area (Å²) in [4.78, 5) is 10.6. The first-order valence-electron chi connectivity index (χ1n) is 5.21. The fourth-order valence-corrected chi connectivity index (χ4v) is 1.82. The first-order valence-corrected chi connectivity index (χ1v) is 5.21. The van der Waals surface area contributed by atoms with Crippen molar-refractivity contribution >= 4 is 11.7 Å². The molecule has 0 bridgehead atoms. The summed E-state index contributed by atoms with van der Waals surface area (Å²) in [6.07, 6.45) is 1.48. The Morgan fingerprint density at radius 3 is 2.47 bits per heavy atom. The van der Waals surface area contributed by atoms with Gasteiger partial charge in [-0.1, -0.05) is 17.7 Å². The third-order valence-corrected chi connectivity index (χ3v) is 2.91. The lowest BCUT2D eigenvalue weighted by Gasteiger charge is -2.33. The number of hydrogen-bond donors (Lipinski definition) is 2. The first kappa shape index (κ1) is 10.0. The van der Waals surface area contributed by atoms with Crippen molar-refractivity contribution in [2.24, 2.45) is 5.92 Å². The van der Waals surface area contributed by atoms with Crippen LogP contribution in [0, 0.1) is 12.8 Å². The Morgan fingerprint density at radius 2 is 1.93 bits per heavy atom. The summed E-state index contributed by atoms with van der Waals surface area (Å²) in [5.74, 6) is -0.815. The molecular weight excluding hydrogens is 190 g/mol. The lowest BCUT2D eigenvalue weighted by atomic mass is 9.80. The summed E-state index contributed by atoms with van der Waals surface area (Å²) < 4.78 is 0. The van der Waals surface area contributed by atoms with Crippen molar-refractivity contribution in [1.82, 2.24) is 0 Å². The van der Waals surface area contributed by atoms with Gasteiger partial charge in [0, 0.05) is 11.7 Å². The topological polar surface area (TPSA) is 49.3 Å². The molecule has 0 aliphatic heterocycles. The van der Waals surface area contributed by atoms with Gasteiger partial charge in [0.05, 0.1) is 5.92 Å². The minimum Gasteiger partial charge on any atom is -0.481 e. The zero-order valence-electron chi connectivity index (χ0n) is 8.73. The lowest BCUT2D eigenvalue weighted by molar-refractivity contribution is -0.144. The Bertz CT molecular complexity index is 352. The van der Waals surface area contributed by atoms with E-state index >= 15 is 0 Å². The molecule has 80 valence electrons. The molecule has 0 spiro atoms. The minimum atomic E-state index is -0.669. The SMILES string of the molecule is Cc1ccc(NC2CC(C(=O)O)C2)cc1. The van der Waals surface area contributed by atoms with E-state index in [9.17, 15) is 4.79 Å². The summed E-state index contributed by atoms with van der Waals surface area (Å²) in [6, 6.07) is 8.49. The van der Waals surface area contributed by atoms with E-state index in [2.05, 4.69) is 17.4 Å². The Kier molecular flexibility index (Phi) is 2.62. The molecule has 15 heavy (non-hydrogen) atoms. The molecule has 1 aliphatic carbocycles. The molecular formula is C12H15NO2. The zero-order valence-corrected chi connectivity index (χ0v) is 8.73. The molecule has 0 amide bonds. The van der Waals surface area contributed by atoms with Crippen molar-refractivity contribution in [2.75, 3.05) is 5.32 Å². The van der Waals surface area contributed by atoms with Crippen molar-refractivity contribution in [3.05, 3.63) is 29.8 Å². The summed E-state index contributed by atoms with van der Waals surface area (Å²) in [6.45, 7) is 2.05. The predicted octanol–water partition coefficient (Wildman–Crippen LogP) is 2.27. The van der Waals surface area contributed by atoms with Gasteiger partial charge in [-0.05, 0) is 31.9 Å². The Labute approximate surface area is 89.1 Å². The third kappa shape index (κ3) is 2.29. The number of carbonyl (C=O) groups is 1. The van der Waals surface area contributed by atoms with E-state index in [-0.39, 0.29) is 5.92 Å². The van der Waals surface area contributed by atoms with E-state index in [0.29, 0.717) is 6.04 Å². The second-order valence-electron chi connectivity index (χ2n) is 4.21. The number of benzene rings is 1. The molecule has 2 rings (SSSR count). The highest BCUT2D eigenvalue weighted by molar-refractivity contribution is 5.71. The van der Waals surface area contributed by atoms with Crippen molar-refractivity contribution in [2.45, 2.75) is 25.8 Å². The van der Waals surface area contributed by atoms with Crippen LogP contribution in [-0.2, 0) is 4.79 Å². The molecule has 0 aromatic heterocycles. The van der Waals surface area contributed by atoms with Gasteiger partial charge in [0.2, 0.25) is 0 Å². The molecule has 1 aromatic carbocycles. The molecule has 1 aliphatic rings. The van der Waals surface area contributed by atoms with Crippen LogP contribution in [0.1, 0.15) is 18.4 Å². The quantitative estimate of drug-likeness (QED) is 0.795. The van der Waals surface area contributed by atoms with Crippen LogP contribution >= 0.6 is 0 Å². The van der Waals surface area contributed by atoms with Gasteiger partial charge in [0.25, 0.3) is 0 Å². The fraction of sp³-hybridized carbons (Fsp3) is 0.417. The predicted molar refractivity (Wildman–Crippen MR) is 58.9 cm³/mol. The van der Waals surface area contributed by atoms with Gasteiger partial charge in [0.1, 0.15) is 0 Å². The van der Waals surface area contributed by atoms with Crippen LogP contribution in [-0.4, -0.2) is 17.1 Å². The molecule has 1 aromatic rings. The van der Waals surface area contributed by atoms with Gasteiger partial charge in [-0.25, -0.2) is 0 Å². The van der Waals surface area contributed by atoms with E-state index in [1.165, 1.54) is 5.56 Å². The van der Waals surface area contributed by atoms with Crippen molar-refractivity contribution in [3.8, 4) is 0 Å². The highest BCUT2D eigenvalue weighted by Gasteiger charge is 2.34. The molecule has 3 heteroatoms. The molecule has 0 unspecified atom stereocenters. The molecule has 0 atom stereocenters. The Balaban J connectivity index is 1.85. The van der Waals surface area contributed by atoms with Gasteiger partial charge >= 0.3 is 5.97 Å². The van der Waals surface area contributed by atoms with Gasteiger partial charge < -0.3 is 10.4 Å². The first-order chi connectivity index (χ1) is 7.15. The highest BCUT2D eigenvalue weighted by atomic mass is 16.4.